The predicted octanol–water partition coefficient (Wildman–Crippen LogP) is 4.55. The van der Waals surface area contributed by atoms with E-state index < -0.39 is 0 Å². The van der Waals surface area contributed by atoms with Crippen LogP contribution in [0, 0.1) is 29.0 Å². The minimum Gasteiger partial charge on any atom is -0.335 e. The van der Waals surface area contributed by atoms with Crippen LogP contribution in [0.3, 0.4) is 0 Å². The van der Waals surface area contributed by atoms with Crippen LogP contribution in [-0.2, 0) is 0 Å². The Morgan fingerprint density at radius 2 is 1.78 bits per heavy atom. The van der Waals surface area contributed by atoms with Gasteiger partial charge in [-0.3, -0.25) is 0 Å². The summed E-state index contributed by atoms with van der Waals surface area (Å²) < 4.78 is 13.2. The molecular formula is C19H25FN2O. The lowest BCUT2D eigenvalue weighted by atomic mass is 9.48. The molecule has 4 heteroatoms. The number of benzene rings is 1. The van der Waals surface area contributed by atoms with Crippen LogP contribution in [0.1, 0.15) is 45.4 Å². The first kappa shape index (κ1) is 15.0. The van der Waals surface area contributed by atoms with Crippen LogP contribution in [0.4, 0.5) is 14.9 Å². The van der Waals surface area contributed by atoms with Gasteiger partial charge in [0.25, 0.3) is 0 Å². The molecule has 0 radical (unpaired) electrons. The minimum absolute atomic E-state index is 0.171. The van der Waals surface area contributed by atoms with Crippen molar-refractivity contribution in [1.29, 1.82) is 0 Å². The second kappa shape index (κ2) is 5.50. The monoisotopic (exact) mass is 316 g/mol. The molecule has 4 fully saturated rings. The third-order valence-corrected chi connectivity index (χ3v) is 6.43. The van der Waals surface area contributed by atoms with E-state index in [0.717, 1.165) is 17.8 Å². The van der Waals surface area contributed by atoms with E-state index >= 15 is 0 Å². The maximum atomic E-state index is 13.2. The van der Waals surface area contributed by atoms with Gasteiger partial charge in [0.15, 0.2) is 0 Å². The molecule has 4 bridgehead atoms. The minimum atomic E-state index is -0.336. The number of rotatable bonds is 3. The van der Waals surface area contributed by atoms with Crippen molar-refractivity contribution in [3.8, 4) is 0 Å². The number of carbonyl (C=O) groups is 1. The number of nitrogens with one attached hydrogen (secondary N) is 2. The molecule has 2 amide bonds. The van der Waals surface area contributed by atoms with E-state index in [1.54, 1.807) is 12.1 Å². The molecule has 0 aromatic heterocycles. The van der Waals surface area contributed by atoms with Crippen molar-refractivity contribution in [2.75, 3.05) is 5.32 Å². The van der Waals surface area contributed by atoms with Gasteiger partial charge in [-0.1, -0.05) is 6.07 Å². The van der Waals surface area contributed by atoms with Gasteiger partial charge in [-0.05, 0) is 86.8 Å². The van der Waals surface area contributed by atoms with E-state index in [1.807, 2.05) is 0 Å². The molecule has 23 heavy (non-hydrogen) atoms. The molecule has 1 aromatic rings. The average Bonchev–Trinajstić information content (AvgIpc) is 2.45. The Labute approximate surface area is 137 Å². The Morgan fingerprint density at radius 3 is 2.35 bits per heavy atom. The summed E-state index contributed by atoms with van der Waals surface area (Å²) in [6, 6.07) is 5.98. The van der Waals surface area contributed by atoms with Crippen molar-refractivity contribution in [3.63, 3.8) is 0 Å². The van der Waals surface area contributed by atoms with Crippen LogP contribution in [0.2, 0.25) is 0 Å². The number of urea groups is 1. The van der Waals surface area contributed by atoms with E-state index in [0.29, 0.717) is 5.69 Å². The summed E-state index contributed by atoms with van der Waals surface area (Å²) in [5.74, 6) is 2.28. The van der Waals surface area contributed by atoms with Gasteiger partial charge < -0.3 is 10.6 Å². The van der Waals surface area contributed by atoms with Crippen molar-refractivity contribution in [2.24, 2.45) is 23.2 Å². The Bertz CT molecular complexity index is 580. The Balaban J connectivity index is 1.41. The Kier molecular flexibility index (Phi) is 3.58. The highest BCUT2D eigenvalue weighted by atomic mass is 19.1. The van der Waals surface area contributed by atoms with Crippen LogP contribution < -0.4 is 10.6 Å². The van der Waals surface area contributed by atoms with E-state index in [4.69, 9.17) is 0 Å². The average molecular weight is 316 g/mol. The first-order chi connectivity index (χ1) is 11.0. The van der Waals surface area contributed by atoms with Crippen molar-refractivity contribution >= 4 is 11.7 Å². The summed E-state index contributed by atoms with van der Waals surface area (Å²) in [5.41, 5.74) is 0.786. The number of anilines is 1. The number of hydrogen-bond donors (Lipinski definition) is 2. The Morgan fingerprint density at radius 1 is 1.17 bits per heavy atom. The van der Waals surface area contributed by atoms with Crippen molar-refractivity contribution in [3.05, 3.63) is 30.1 Å². The largest absolute Gasteiger partial charge is 0.335 e. The highest BCUT2D eigenvalue weighted by Gasteiger charge is 2.53. The topological polar surface area (TPSA) is 41.1 Å². The lowest BCUT2D eigenvalue weighted by Crippen LogP contribution is -2.56. The summed E-state index contributed by atoms with van der Waals surface area (Å²) >= 11 is 0. The molecule has 1 aromatic carbocycles. The number of carbonyl (C=O) groups excluding carboxylic acids is 1. The van der Waals surface area contributed by atoms with Crippen LogP contribution in [-0.4, -0.2) is 12.1 Å². The third-order valence-electron chi connectivity index (χ3n) is 6.43. The number of halogens is 1. The fourth-order valence-electron chi connectivity index (χ4n) is 5.79. The van der Waals surface area contributed by atoms with E-state index in [9.17, 15) is 9.18 Å². The summed E-state index contributed by atoms with van der Waals surface area (Å²) in [5, 5.41) is 5.89. The molecule has 0 heterocycles. The highest BCUT2D eigenvalue weighted by Crippen LogP contribution is 2.61. The summed E-state index contributed by atoms with van der Waals surface area (Å²) in [6.07, 6.45) is 8.01. The second-order valence-corrected chi connectivity index (χ2v) is 8.11. The van der Waals surface area contributed by atoms with Gasteiger partial charge in [-0.15, -0.1) is 0 Å². The lowest BCUT2D eigenvalue weighted by molar-refractivity contribution is -0.0679. The van der Waals surface area contributed by atoms with Gasteiger partial charge in [0.2, 0.25) is 0 Å². The molecule has 4 aliphatic rings. The standard InChI is InChI=1S/C19H25FN2O/c1-12(21-18(23)22-17-4-2-3-16(20)8-17)19-9-13-5-14(10-19)7-15(6-13)11-19/h2-4,8,12-15H,5-7,9-11H2,1H3,(H2,21,22,23). The lowest BCUT2D eigenvalue weighted by Gasteiger charge is -2.59. The highest BCUT2D eigenvalue weighted by molar-refractivity contribution is 5.89. The normalized spacial score (nSPS) is 35.8. The SMILES string of the molecule is CC(NC(=O)Nc1cccc(F)c1)C12CC3CC(CC(C3)C1)C2. The molecule has 0 aliphatic heterocycles. The molecule has 0 spiro atoms. The summed E-state index contributed by atoms with van der Waals surface area (Å²) in [4.78, 5) is 12.3. The van der Waals surface area contributed by atoms with Crippen LogP contribution in [0.25, 0.3) is 0 Å². The Hall–Kier alpha value is -1.58. The first-order valence-electron chi connectivity index (χ1n) is 8.85. The first-order valence-corrected chi connectivity index (χ1v) is 8.85. The molecule has 3 nitrogen and oxygen atoms in total. The zero-order chi connectivity index (χ0) is 16.0. The molecule has 4 aliphatic carbocycles. The molecular weight excluding hydrogens is 291 g/mol. The second-order valence-electron chi connectivity index (χ2n) is 8.11. The maximum absolute atomic E-state index is 13.2. The smallest absolute Gasteiger partial charge is 0.319 e. The van der Waals surface area contributed by atoms with Crippen LogP contribution in [0.15, 0.2) is 24.3 Å². The predicted molar refractivity (Wildman–Crippen MR) is 88.6 cm³/mol. The van der Waals surface area contributed by atoms with Gasteiger partial charge in [-0.2, -0.15) is 0 Å². The fourth-order valence-corrected chi connectivity index (χ4v) is 5.79. The third kappa shape index (κ3) is 2.84. The molecule has 1 atom stereocenters. The van der Waals surface area contributed by atoms with E-state index in [1.165, 1.54) is 50.7 Å². The molecule has 2 N–H and O–H groups in total. The molecule has 0 saturated heterocycles. The van der Waals surface area contributed by atoms with Gasteiger partial charge in [0, 0.05) is 11.7 Å². The van der Waals surface area contributed by atoms with E-state index in [2.05, 4.69) is 17.6 Å². The zero-order valence-electron chi connectivity index (χ0n) is 13.6. The fraction of sp³-hybridized carbons (Fsp3) is 0.632. The van der Waals surface area contributed by atoms with Gasteiger partial charge in [-0.25, -0.2) is 9.18 Å². The van der Waals surface area contributed by atoms with Crippen molar-refractivity contribution in [1.82, 2.24) is 5.32 Å². The van der Waals surface area contributed by atoms with E-state index in [-0.39, 0.29) is 23.3 Å². The summed E-state index contributed by atoms with van der Waals surface area (Å²) in [6.45, 7) is 2.15. The molecule has 124 valence electrons. The van der Waals surface area contributed by atoms with Gasteiger partial charge in [0.05, 0.1) is 0 Å². The van der Waals surface area contributed by atoms with Crippen molar-refractivity contribution < 1.29 is 9.18 Å². The quantitative estimate of drug-likeness (QED) is 0.844. The van der Waals surface area contributed by atoms with Gasteiger partial charge >= 0.3 is 6.03 Å². The maximum Gasteiger partial charge on any atom is 0.319 e. The number of hydrogen-bond acceptors (Lipinski definition) is 1. The van der Waals surface area contributed by atoms with Crippen molar-refractivity contribution in [2.45, 2.75) is 51.5 Å². The zero-order valence-corrected chi connectivity index (χ0v) is 13.6. The van der Waals surface area contributed by atoms with Crippen LogP contribution in [0.5, 0.6) is 0 Å². The van der Waals surface area contributed by atoms with Gasteiger partial charge in [0.1, 0.15) is 5.82 Å². The molecule has 5 rings (SSSR count). The van der Waals surface area contributed by atoms with Crippen LogP contribution >= 0.6 is 0 Å². The number of amides is 2. The molecule has 1 unspecified atom stereocenters. The molecule has 4 saturated carbocycles. The summed E-state index contributed by atoms with van der Waals surface area (Å²) in [7, 11) is 0.